The number of nitrogens with zero attached hydrogens (tertiary/aromatic N) is 4. The Hall–Kier alpha value is -2.28. The molecule has 8 heteroatoms. The van der Waals surface area contributed by atoms with E-state index in [1.54, 1.807) is 18.2 Å². The Morgan fingerprint density at radius 2 is 1.86 bits per heavy atom. The summed E-state index contributed by atoms with van der Waals surface area (Å²) in [6.45, 7) is -0.223. The number of rotatable bonds is 6. The van der Waals surface area contributed by atoms with Crippen LogP contribution in [0.1, 0.15) is 0 Å². The van der Waals surface area contributed by atoms with Gasteiger partial charge < -0.3 is 4.90 Å². The van der Waals surface area contributed by atoms with Gasteiger partial charge >= 0.3 is 0 Å². The summed E-state index contributed by atoms with van der Waals surface area (Å²) in [5.74, 6) is 0. The lowest BCUT2D eigenvalue weighted by Gasteiger charge is -2.16. The second kappa shape index (κ2) is 6.65. The number of hydrogen-bond acceptors (Lipinski definition) is 5. The van der Waals surface area contributed by atoms with Gasteiger partial charge in [-0.15, -0.1) is 0 Å². The molecule has 0 N–H and O–H groups in total. The summed E-state index contributed by atoms with van der Waals surface area (Å²) < 4.78 is 29.6. The minimum Gasteiger partial charge on any atom is -0.377 e. The van der Waals surface area contributed by atoms with E-state index in [1.165, 1.54) is 6.07 Å². The van der Waals surface area contributed by atoms with Gasteiger partial charge in [0, 0.05) is 35.5 Å². The van der Waals surface area contributed by atoms with Crippen molar-refractivity contribution in [2.75, 3.05) is 32.1 Å². The summed E-state index contributed by atoms with van der Waals surface area (Å²) in [5, 5.41) is 4.67. The van der Waals surface area contributed by atoms with Gasteiger partial charge in [-0.25, -0.2) is 0 Å². The Balaban J connectivity index is 2.47. The van der Waals surface area contributed by atoms with Crippen LogP contribution in [0.25, 0.3) is 21.2 Å². The molecule has 2 aromatic carbocycles. The minimum absolute atomic E-state index is 0.0383. The predicted octanol–water partition coefficient (Wildman–Crippen LogP) is 2.92. The van der Waals surface area contributed by atoms with Crippen molar-refractivity contribution in [2.24, 2.45) is 5.11 Å². The van der Waals surface area contributed by atoms with E-state index in [2.05, 4.69) is 10.0 Å². The summed E-state index contributed by atoms with van der Waals surface area (Å²) in [6, 6.07) is 10.5. The van der Waals surface area contributed by atoms with Gasteiger partial charge in [0.2, 0.25) is 0 Å². The fourth-order valence-corrected chi connectivity index (χ4v) is 3.28. The minimum atomic E-state index is -3.91. The number of fused-ring (bicyclic) bond motifs is 1. The molecule has 0 aliphatic heterocycles. The highest BCUT2D eigenvalue weighted by molar-refractivity contribution is 7.87. The van der Waals surface area contributed by atoms with E-state index in [4.69, 9.17) is 9.71 Å². The van der Waals surface area contributed by atoms with E-state index in [-0.39, 0.29) is 18.0 Å². The maximum atomic E-state index is 12.3. The van der Waals surface area contributed by atoms with Gasteiger partial charge in [-0.2, -0.15) is 8.42 Å². The van der Waals surface area contributed by atoms with Crippen molar-refractivity contribution >= 4 is 26.6 Å². The molecule has 0 saturated heterocycles. The van der Waals surface area contributed by atoms with Crippen molar-refractivity contribution in [1.29, 1.82) is 0 Å². The number of benzene rings is 2. The monoisotopic (exact) mass is 320 g/mol. The highest BCUT2D eigenvalue weighted by atomic mass is 32.2. The lowest BCUT2D eigenvalue weighted by Crippen LogP contribution is -2.11. The maximum Gasteiger partial charge on any atom is 0.297 e. The Bertz CT molecular complexity index is 827. The predicted molar refractivity (Wildman–Crippen MR) is 85.4 cm³/mol. The van der Waals surface area contributed by atoms with Gasteiger partial charge in [0.1, 0.15) is 4.90 Å². The quantitative estimate of drug-likeness (QED) is 0.269. The van der Waals surface area contributed by atoms with Crippen molar-refractivity contribution in [2.45, 2.75) is 4.90 Å². The van der Waals surface area contributed by atoms with E-state index >= 15 is 0 Å². The average Bonchev–Trinajstić information content (AvgIpc) is 2.50. The van der Waals surface area contributed by atoms with E-state index in [0.717, 1.165) is 11.1 Å². The van der Waals surface area contributed by atoms with Crippen LogP contribution in [0, 0.1) is 0 Å². The lowest BCUT2D eigenvalue weighted by molar-refractivity contribution is 0.328. The van der Waals surface area contributed by atoms with E-state index < -0.39 is 10.1 Å². The van der Waals surface area contributed by atoms with Gasteiger partial charge in [-0.05, 0) is 17.7 Å². The smallest absolute Gasteiger partial charge is 0.297 e. The highest BCUT2D eigenvalue weighted by Crippen LogP contribution is 2.30. The van der Waals surface area contributed by atoms with Crippen molar-refractivity contribution in [3.8, 4) is 0 Å². The molecule has 0 aliphatic rings. The van der Waals surface area contributed by atoms with Crippen molar-refractivity contribution in [3.63, 3.8) is 0 Å². The molecule has 0 bridgehead atoms. The van der Waals surface area contributed by atoms with Gasteiger partial charge in [-0.3, -0.25) is 4.18 Å². The molecule has 2 rings (SSSR count). The van der Waals surface area contributed by atoms with Crippen LogP contribution in [0.5, 0.6) is 0 Å². The van der Waals surface area contributed by atoms with Crippen LogP contribution in [0.4, 0.5) is 5.69 Å². The second-order valence-electron chi connectivity index (χ2n) is 4.75. The molecule has 0 saturated carbocycles. The fraction of sp³-hybridized carbons (Fsp3) is 0.286. The molecule has 116 valence electrons. The second-order valence-corrected chi connectivity index (χ2v) is 6.34. The highest BCUT2D eigenvalue weighted by Gasteiger charge is 2.19. The van der Waals surface area contributed by atoms with E-state index in [1.807, 2.05) is 31.1 Å². The normalized spacial score (nSPS) is 11.2. The van der Waals surface area contributed by atoms with Crippen molar-refractivity contribution in [1.82, 2.24) is 0 Å². The van der Waals surface area contributed by atoms with Crippen LogP contribution in [0.3, 0.4) is 0 Å². The molecule has 0 aliphatic carbocycles. The van der Waals surface area contributed by atoms with Gasteiger partial charge in [0.25, 0.3) is 10.1 Å². The SMILES string of the molecule is CN(C)c1cccc2c(S(=O)(=O)OCCN=[N+]=[N-])cccc12. The third-order valence-corrected chi connectivity index (χ3v) is 4.47. The first kappa shape index (κ1) is 16.1. The standard InChI is InChI=1S/C14H16N4O3S/c1-18(2)13-7-3-6-12-11(13)5-4-8-14(12)22(19,20)21-10-9-16-17-15/h3-8H,9-10H2,1-2H3. The van der Waals surface area contributed by atoms with Crippen molar-refractivity contribution < 1.29 is 12.6 Å². The average molecular weight is 320 g/mol. The van der Waals surface area contributed by atoms with Crippen LogP contribution >= 0.6 is 0 Å². The number of anilines is 1. The number of hydrogen-bond donors (Lipinski definition) is 0. The van der Waals surface area contributed by atoms with Gasteiger partial charge in [0.15, 0.2) is 0 Å². The molecule has 0 aromatic heterocycles. The molecule has 2 aromatic rings. The van der Waals surface area contributed by atoms with E-state index in [9.17, 15) is 8.42 Å². The fourth-order valence-electron chi connectivity index (χ4n) is 2.17. The van der Waals surface area contributed by atoms with Gasteiger partial charge in [-0.1, -0.05) is 29.4 Å². The molecule has 0 radical (unpaired) electrons. The van der Waals surface area contributed by atoms with Crippen LogP contribution in [0.15, 0.2) is 46.4 Å². The summed E-state index contributed by atoms with van der Waals surface area (Å²) in [6.07, 6.45) is 0. The topological polar surface area (TPSA) is 95.4 Å². The first-order valence-corrected chi connectivity index (χ1v) is 7.97. The molecule has 0 atom stereocenters. The summed E-state index contributed by atoms with van der Waals surface area (Å²) in [4.78, 5) is 4.58. The summed E-state index contributed by atoms with van der Waals surface area (Å²) >= 11 is 0. The molecule has 0 amide bonds. The molecule has 0 unspecified atom stereocenters. The zero-order valence-electron chi connectivity index (χ0n) is 12.3. The molecular weight excluding hydrogens is 304 g/mol. The summed E-state index contributed by atoms with van der Waals surface area (Å²) in [7, 11) is -0.121. The Morgan fingerprint density at radius 1 is 1.18 bits per heavy atom. The third kappa shape index (κ3) is 3.30. The zero-order valence-corrected chi connectivity index (χ0v) is 13.1. The van der Waals surface area contributed by atoms with Crippen LogP contribution in [0.2, 0.25) is 0 Å². The largest absolute Gasteiger partial charge is 0.377 e. The molecule has 0 fully saturated rings. The summed E-state index contributed by atoms with van der Waals surface area (Å²) in [5.41, 5.74) is 9.11. The third-order valence-electron chi connectivity index (χ3n) is 3.10. The van der Waals surface area contributed by atoms with Crippen LogP contribution in [-0.4, -0.2) is 35.7 Å². The van der Waals surface area contributed by atoms with Crippen molar-refractivity contribution in [3.05, 3.63) is 46.8 Å². The van der Waals surface area contributed by atoms with Crippen LogP contribution in [-0.2, 0) is 14.3 Å². The number of azide groups is 1. The Labute approximate surface area is 128 Å². The first-order chi connectivity index (χ1) is 10.5. The van der Waals surface area contributed by atoms with Gasteiger partial charge in [0.05, 0.1) is 13.2 Å². The molecule has 7 nitrogen and oxygen atoms in total. The molecule has 22 heavy (non-hydrogen) atoms. The molecule has 0 spiro atoms. The Kier molecular flexibility index (Phi) is 4.87. The Morgan fingerprint density at radius 3 is 2.55 bits per heavy atom. The van der Waals surface area contributed by atoms with Crippen LogP contribution < -0.4 is 4.90 Å². The molecule has 0 heterocycles. The lowest BCUT2D eigenvalue weighted by atomic mass is 10.1. The van der Waals surface area contributed by atoms with E-state index in [0.29, 0.717) is 5.39 Å². The first-order valence-electron chi connectivity index (χ1n) is 6.57. The maximum absolute atomic E-state index is 12.3. The zero-order chi connectivity index (χ0) is 16.2. The molecular formula is C14H16N4O3S.